The first-order chi connectivity index (χ1) is 8.20. The molecule has 1 aliphatic heterocycles. The van der Waals surface area contributed by atoms with E-state index in [0.29, 0.717) is 13.2 Å². The fourth-order valence-electron chi connectivity index (χ4n) is 2.16. The van der Waals surface area contributed by atoms with E-state index < -0.39 is 5.79 Å². The lowest BCUT2D eigenvalue weighted by Crippen LogP contribution is -2.25. The molecule has 1 aromatic carbocycles. The van der Waals surface area contributed by atoms with Gasteiger partial charge in [0.25, 0.3) is 0 Å². The smallest absolute Gasteiger partial charge is 0.165 e. The van der Waals surface area contributed by atoms with Crippen LogP contribution in [0.4, 0.5) is 0 Å². The van der Waals surface area contributed by atoms with E-state index in [2.05, 4.69) is 0 Å². The lowest BCUT2D eigenvalue weighted by Gasteiger charge is -2.22. The van der Waals surface area contributed by atoms with Crippen molar-refractivity contribution in [3.8, 4) is 0 Å². The third-order valence-electron chi connectivity index (χ3n) is 3.19. The van der Waals surface area contributed by atoms with Crippen molar-refractivity contribution < 1.29 is 14.6 Å². The summed E-state index contributed by atoms with van der Waals surface area (Å²) >= 11 is 0. The zero-order valence-corrected chi connectivity index (χ0v) is 10.3. The monoisotopic (exact) mass is 236 g/mol. The minimum absolute atomic E-state index is 0.388. The Morgan fingerprint density at radius 2 is 1.88 bits per heavy atom. The van der Waals surface area contributed by atoms with Crippen LogP contribution in [0, 0.1) is 0 Å². The van der Waals surface area contributed by atoms with E-state index in [-0.39, 0.29) is 6.10 Å². The van der Waals surface area contributed by atoms with Gasteiger partial charge in [0.2, 0.25) is 0 Å². The number of aliphatic hydroxyl groups excluding tert-OH is 1. The Kier molecular flexibility index (Phi) is 4.15. The van der Waals surface area contributed by atoms with Gasteiger partial charge in [-0.05, 0) is 25.3 Å². The standard InChI is InChI=1S/C14H20O3/c1-14(16-10-11-17-14)9-5-8-13(15)12-6-3-2-4-7-12/h2-4,6-7,13,15H,5,8-11H2,1H3. The van der Waals surface area contributed by atoms with Gasteiger partial charge in [-0.2, -0.15) is 0 Å². The number of rotatable bonds is 5. The van der Waals surface area contributed by atoms with Gasteiger partial charge in [0.15, 0.2) is 5.79 Å². The average molecular weight is 236 g/mol. The topological polar surface area (TPSA) is 38.7 Å². The van der Waals surface area contributed by atoms with E-state index >= 15 is 0 Å². The summed E-state index contributed by atoms with van der Waals surface area (Å²) in [4.78, 5) is 0. The van der Waals surface area contributed by atoms with Crippen molar-refractivity contribution in [1.29, 1.82) is 0 Å². The molecule has 1 aromatic rings. The quantitative estimate of drug-likeness (QED) is 0.854. The Labute approximate surface area is 102 Å². The fraction of sp³-hybridized carbons (Fsp3) is 0.571. The van der Waals surface area contributed by atoms with Crippen molar-refractivity contribution in [2.24, 2.45) is 0 Å². The molecule has 1 fully saturated rings. The molecule has 1 N–H and O–H groups in total. The highest BCUT2D eigenvalue weighted by Crippen LogP contribution is 2.27. The molecule has 1 heterocycles. The highest BCUT2D eigenvalue weighted by Gasteiger charge is 2.30. The predicted molar refractivity (Wildman–Crippen MR) is 65.6 cm³/mol. The van der Waals surface area contributed by atoms with Crippen molar-refractivity contribution >= 4 is 0 Å². The SMILES string of the molecule is CC1(CCCC(O)c2ccccc2)OCCO1. The molecule has 0 amide bonds. The Balaban J connectivity index is 1.75. The highest BCUT2D eigenvalue weighted by molar-refractivity contribution is 5.16. The van der Waals surface area contributed by atoms with Crippen molar-refractivity contribution in [3.63, 3.8) is 0 Å². The zero-order chi connectivity index (χ0) is 12.1. The summed E-state index contributed by atoms with van der Waals surface area (Å²) in [6.45, 7) is 3.32. The molecule has 0 aliphatic carbocycles. The van der Waals surface area contributed by atoms with Gasteiger partial charge < -0.3 is 14.6 Å². The largest absolute Gasteiger partial charge is 0.388 e. The van der Waals surface area contributed by atoms with Gasteiger partial charge in [0.05, 0.1) is 19.3 Å². The van der Waals surface area contributed by atoms with Crippen LogP contribution in [0.2, 0.25) is 0 Å². The average Bonchev–Trinajstić information content (AvgIpc) is 2.77. The molecule has 1 unspecified atom stereocenters. The van der Waals surface area contributed by atoms with E-state index in [9.17, 15) is 5.11 Å². The second-order valence-electron chi connectivity index (χ2n) is 4.65. The summed E-state index contributed by atoms with van der Waals surface area (Å²) in [5, 5.41) is 10.00. The van der Waals surface area contributed by atoms with Crippen LogP contribution in [0.15, 0.2) is 30.3 Å². The van der Waals surface area contributed by atoms with Crippen LogP contribution in [0.1, 0.15) is 37.9 Å². The zero-order valence-electron chi connectivity index (χ0n) is 10.3. The summed E-state index contributed by atoms with van der Waals surface area (Å²) in [6, 6.07) is 9.76. The first kappa shape index (κ1) is 12.6. The van der Waals surface area contributed by atoms with Crippen molar-refractivity contribution in [2.75, 3.05) is 13.2 Å². The van der Waals surface area contributed by atoms with E-state index in [1.807, 2.05) is 37.3 Å². The Morgan fingerprint density at radius 1 is 1.24 bits per heavy atom. The van der Waals surface area contributed by atoms with Gasteiger partial charge in [-0.15, -0.1) is 0 Å². The molecule has 0 aromatic heterocycles. The van der Waals surface area contributed by atoms with Crippen LogP contribution in [-0.2, 0) is 9.47 Å². The number of ether oxygens (including phenoxy) is 2. The maximum atomic E-state index is 10.00. The van der Waals surface area contributed by atoms with Crippen LogP contribution in [-0.4, -0.2) is 24.1 Å². The predicted octanol–water partition coefficient (Wildman–Crippen LogP) is 2.65. The van der Waals surface area contributed by atoms with Gasteiger partial charge in [-0.25, -0.2) is 0 Å². The molecule has 1 atom stereocenters. The van der Waals surface area contributed by atoms with Crippen molar-refractivity contribution in [1.82, 2.24) is 0 Å². The van der Waals surface area contributed by atoms with E-state index in [0.717, 1.165) is 24.8 Å². The molecule has 17 heavy (non-hydrogen) atoms. The summed E-state index contributed by atoms with van der Waals surface area (Å²) in [7, 11) is 0. The second-order valence-corrected chi connectivity index (χ2v) is 4.65. The van der Waals surface area contributed by atoms with Crippen LogP contribution in [0.25, 0.3) is 0 Å². The third-order valence-corrected chi connectivity index (χ3v) is 3.19. The van der Waals surface area contributed by atoms with Gasteiger partial charge >= 0.3 is 0 Å². The molecule has 0 bridgehead atoms. The fourth-order valence-corrected chi connectivity index (χ4v) is 2.16. The first-order valence-corrected chi connectivity index (χ1v) is 6.20. The van der Waals surface area contributed by atoms with E-state index in [4.69, 9.17) is 9.47 Å². The van der Waals surface area contributed by atoms with Gasteiger partial charge in [-0.3, -0.25) is 0 Å². The molecule has 0 spiro atoms. The summed E-state index contributed by atoms with van der Waals surface area (Å²) < 4.78 is 11.0. The molecule has 1 aliphatic rings. The Morgan fingerprint density at radius 3 is 2.53 bits per heavy atom. The maximum Gasteiger partial charge on any atom is 0.165 e. The lowest BCUT2D eigenvalue weighted by molar-refractivity contribution is -0.148. The van der Waals surface area contributed by atoms with Crippen LogP contribution in [0.3, 0.4) is 0 Å². The minimum atomic E-state index is -0.434. The highest BCUT2D eigenvalue weighted by atomic mass is 16.7. The van der Waals surface area contributed by atoms with Gasteiger partial charge in [0.1, 0.15) is 0 Å². The summed E-state index contributed by atoms with van der Waals surface area (Å²) in [6.07, 6.45) is 2.08. The van der Waals surface area contributed by atoms with Crippen LogP contribution >= 0.6 is 0 Å². The van der Waals surface area contributed by atoms with Gasteiger partial charge in [-0.1, -0.05) is 30.3 Å². The van der Waals surface area contributed by atoms with E-state index in [1.165, 1.54) is 0 Å². The Hall–Kier alpha value is -0.900. The first-order valence-electron chi connectivity index (χ1n) is 6.20. The minimum Gasteiger partial charge on any atom is -0.388 e. The van der Waals surface area contributed by atoms with E-state index in [1.54, 1.807) is 0 Å². The lowest BCUT2D eigenvalue weighted by atomic mass is 10.0. The van der Waals surface area contributed by atoms with Gasteiger partial charge in [0, 0.05) is 6.42 Å². The number of benzene rings is 1. The molecule has 3 nitrogen and oxygen atoms in total. The number of aliphatic hydroxyl groups is 1. The molecule has 3 heteroatoms. The number of hydrogen-bond acceptors (Lipinski definition) is 3. The van der Waals surface area contributed by atoms with Crippen LogP contribution < -0.4 is 0 Å². The van der Waals surface area contributed by atoms with Crippen LogP contribution in [0.5, 0.6) is 0 Å². The molecule has 1 saturated heterocycles. The molecule has 0 radical (unpaired) electrons. The maximum absolute atomic E-state index is 10.00. The molecule has 0 saturated carbocycles. The van der Waals surface area contributed by atoms with Crippen molar-refractivity contribution in [2.45, 2.75) is 38.1 Å². The third kappa shape index (κ3) is 3.53. The summed E-state index contributed by atoms with van der Waals surface area (Å²) in [5.74, 6) is -0.434. The molecule has 94 valence electrons. The molecular weight excluding hydrogens is 216 g/mol. The molecular formula is C14H20O3. The summed E-state index contributed by atoms with van der Waals surface area (Å²) in [5.41, 5.74) is 0.978. The normalized spacial score (nSPS) is 20.4. The second kappa shape index (κ2) is 5.63. The van der Waals surface area contributed by atoms with Crippen molar-refractivity contribution in [3.05, 3.63) is 35.9 Å². The number of hydrogen-bond donors (Lipinski definition) is 1. The molecule has 2 rings (SSSR count). The Bertz CT molecular complexity index is 331.